The molecular formula is C18H41P. The first-order valence-electron chi connectivity index (χ1n) is 8.89. The molecule has 118 valence electrons. The van der Waals surface area contributed by atoms with Gasteiger partial charge in [0.05, 0.1) is 0 Å². The molecule has 0 N–H and O–H groups in total. The van der Waals surface area contributed by atoms with Crippen LogP contribution in [0.15, 0.2) is 0 Å². The third kappa shape index (κ3) is 6.16. The van der Waals surface area contributed by atoms with E-state index in [1.165, 1.54) is 44.9 Å². The van der Waals surface area contributed by atoms with Gasteiger partial charge in [-0.15, -0.1) is 0 Å². The molecule has 0 bridgehead atoms. The van der Waals surface area contributed by atoms with Gasteiger partial charge in [0, 0.05) is 0 Å². The van der Waals surface area contributed by atoms with Gasteiger partial charge in [0.15, 0.2) is 0 Å². The van der Waals surface area contributed by atoms with Crippen molar-refractivity contribution in [3.05, 3.63) is 0 Å². The molecule has 0 aliphatic carbocycles. The summed E-state index contributed by atoms with van der Waals surface area (Å²) in [6, 6.07) is 0. The predicted molar refractivity (Wildman–Crippen MR) is 96.6 cm³/mol. The van der Waals surface area contributed by atoms with E-state index in [4.69, 9.17) is 0 Å². The summed E-state index contributed by atoms with van der Waals surface area (Å²) in [4.78, 5) is 0. The summed E-state index contributed by atoms with van der Waals surface area (Å²) in [5.74, 6) is 0. The molecule has 0 aromatic heterocycles. The molecule has 0 radical (unpaired) electrons. The second-order valence-corrected chi connectivity index (χ2v) is 13.6. The van der Waals surface area contributed by atoms with Crippen LogP contribution in [-0.4, -0.2) is 23.1 Å². The topological polar surface area (TPSA) is 0 Å². The average Bonchev–Trinajstić information content (AvgIpc) is 2.31. The summed E-state index contributed by atoms with van der Waals surface area (Å²) in [6.45, 7) is 17.3. The molecular weight excluding hydrogens is 247 g/mol. The van der Waals surface area contributed by atoms with E-state index in [1.54, 1.807) is 6.16 Å². The van der Waals surface area contributed by atoms with Crippen molar-refractivity contribution in [2.75, 3.05) is 6.16 Å². The predicted octanol–water partition coefficient (Wildman–Crippen LogP) is 6.71. The Morgan fingerprint density at radius 3 is 1.32 bits per heavy atom. The molecule has 0 aliphatic heterocycles. The SMILES string of the molecule is CCCCCCCCC[PH](C(C)C)(C(C)C)C(C)C. The van der Waals surface area contributed by atoms with Gasteiger partial charge in [-0.1, -0.05) is 0 Å². The van der Waals surface area contributed by atoms with Crippen LogP contribution < -0.4 is 0 Å². The van der Waals surface area contributed by atoms with Crippen molar-refractivity contribution in [1.29, 1.82) is 0 Å². The van der Waals surface area contributed by atoms with E-state index in [0.29, 0.717) is 0 Å². The standard InChI is InChI=1S/C18H41P/c1-8-9-10-11-12-13-14-15-19(16(2)3,17(4)5)18(6)7/h16-19H,8-15H2,1-7H3. The van der Waals surface area contributed by atoms with Crippen LogP contribution in [0.25, 0.3) is 0 Å². The van der Waals surface area contributed by atoms with E-state index >= 15 is 0 Å². The molecule has 0 unspecified atom stereocenters. The van der Waals surface area contributed by atoms with Crippen molar-refractivity contribution in [1.82, 2.24) is 0 Å². The second-order valence-electron chi connectivity index (χ2n) is 7.45. The second kappa shape index (κ2) is 10.2. The van der Waals surface area contributed by atoms with Crippen molar-refractivity contribution < 1.29 is 0 Å². The maximum absolute atomic E-state index is 2.49. The molecule has 0 aliphatic rings. The first-order chi connectivity index (χ1) is 8.89. The van der Waals surface area contributed by atoms with Crippen LogP contribution in [-0.2, 0) is 0 Å². The van der Waals surface area contributed by atoms with Crippen LogP contribution in [0.4, 0.5) is 0 Å². The Hall–Kier alpha value is 0.430. The Bertz CT molecular complexity index is 184. The number of unbranched alkanes of at least 4 members (excludes halogenated alkanes) is 6. The fourth-order valence-corrected chi connectivity index (χ4v) is 10.8. The Morgan fingerprint density at radius 1 is 0.579 bits per heavy atom. The molecule has 0 spiro atoms. The van der Waals surface area contributed by atoms with E-state index in [9.17, 15) is 0 Å². The molecule has 0 aromatic carbocycles. The van der Waals surface area contributed by atoms with Crippen molar-refractivity contribution in [2.45, 2.75) is 110 Å². The molecule has 0 amide bonds. The van der Waals surface area contributed by atoms with Gasteiger partial charge in [0.25, 0.3) is 0 Å². The molecule has 0 aromatic rings. The van der Waals surface area contributed by atoms with Gasteiger partial charge in [-0.3, -0.25) is 0 Å². The molecule has 0 saturated carbocycles. The molecule has 0 rings (SSSR count). The molecule has 0 fully saturated rings. The Morgan fingerprint density at radius 2 is 0.947 bits per heavy atom. The minimum absolute atomic E-state index is 0.938. The first kappa shape index (κ1) is 19.4. The molecule has 0 nitrogen and oxygen atoms in total. The van der Waals surface area contributed by atoms with Gasteiger partial charge in [0.2, 0.25) is 0 Å². The first-order valence-corrected chi connectivity index (χ1v) is 11.3. The maximum atomic E-state index is 2.49. The summed E-state index contributed by atoms with van der Waals surface area (Å²) in [5.41, 5.74) is 2.81. The fraction of sp³-hybridized carbons (Fsp3) is 1.00. The zero-order valence-electron chi connectivity index (χ0n) is 14.9. The number of hydrogen-bond donors (Lipinski definition) is 0. The van der Waals surface area contributed by atoms with Gasteiger partial charge in [-0.25, -0.2) is 0 Å². The summed E-state index contributed by atoms with van der Waals surface area (Å²) >= 11 is 0. The summed E-state index contributed by atoms with van der Waals surface area (Å²) in [5, 5.41) is 0. The van der Waals surface area contributed by atoms with Crippen molar-refractivity contribution in [3.63, 3.8) is 0 Å². The van der Waals surface area contributed by atoms with Crippen LogP contribution in [0, 0.1) is 0 Å². The van der Waals surface area contributed by atoms with Crippen LogP contribution in [0.1, 0.15) is 93.4 Å². The fourth-order valence-electron chi connectivity index (χ4n) is 4.25. The molecule has 0 heterocycles. The van der Waals surface area contributed by atoms with E-state index in [-0.39, 0.29) is 0 Å². The van der Waals surface area contributed by atoms with Gasteiger partial charge in [0.1, 0.15) is 0 Å². The molecule has 0 atom stereocenters. The van der Waals surface area contributed by atoms with Crippen molar-refractivity contribution in [3.8, 4) is 0 Å². The molecule has 1 heteroatoms. The van der Waals surface area contributed by atoms with Gasteiger partial charge in [-0.05, 0) is 0 Å². The van der Waals surface area contributed by atoms with E-state index < -0.39 is 7.26 Å². The molecule has 0 saturated heterocycles. The van der Waals surface area contributed by atoms with E-state index in [0.717, 1.165) is 17.0 Å². The third-order valence-corrected chi connectivity index (χ3v) is 13.1. The van der Waals surface area contributed by atoms with Crippen LogP contribution >= 0.6 is 7.26 Å². The quantitative estimate of drug-likeness (QED) is 0.293. The number of rotatable bonds is 11. The minimum atomic E-state index is -1.10. The van der Waals surface area contributed by atoms with Gasteiger partial charge in [-0.2, -0.15) is 0 Å². The Kier molecular flexibility index (Phi) is 10.4. The van der Waals surface area contributed by atoms with Crippen LogP contribution in [0.2, 0.25) is 0 Å². The zero-order valence-corrected chi connectivity index (χ0v) is 15.9. The monoisotopic (exact) mass is 288 g/mol. The summed E-state index contributed by atoms with van der Waals surface area (Å²) in [7, 11) is -1.10. The normalized spacial score (nSPS) is 13.8. The zero-order chi connectivity index (χ0) is 14.9. The Labute approximate surface area is 124 Å². The number of hydrogen-bond acceptors (Lipinski definition) is 0. The summed E-state index contributed by atoms with van der Waals surface area (Å²) < 4.78 is 0. The van der Waals surface area contributed by atoms with E-state index in [2.05, 4.69) is 48.5 Å². The van der Waals surface area contributed by atoms with Crippen LogP contribution in [0.3, 0.4) is 0 Å². The van der Waals surface area contributed by atoms with Crippen molar-refractivity contribution in [2.24, 2.45) is 0 Å². The average molecular weight is 289 g/mol. The summed E-state index contributed by atoms with van der Waals surface area (Å²) in [6.07, 6.45) is 11.7. The Balaban J connectivity index is 4.14. The van der Waals surface area contributed by atoms with Crippen LogP contribution in [0.5, 0.6) is 0 Å². The molecule has 19 heavy (non-hydrogen) atoms. The van der Waals surface area contributed by atoms with E-state index in [1.807, 2.05) is 0 Å². The van der Waals surface area contributed by atoms with Gasteiger partial charge < -0.3 is 0 Å². The van der Waals surface area contributed by atoms with Crippen molar-refractivity contribution >= 4 is 7.26 Å². The van der Waals surface area contributed by atoms with Gasteiger partial charge >= 0.3 is 124 Å². The third-order valence-electron chi connectivity index (χ3n) is 5.44.